The Hall–Kier alpha value is -1.83. The van der Waals surface area contributed by atoms with Crippen LogP contribution < -0.4 is 4.74 Å². The number of hydrogen-bond acceptors (Lipinski definition) is 5. The maximum atomic E-state index is 13.1. The van der Waals surface area contributed by atoms with E-state index in [9.17, 15) is 9.59 Å². The summed E-state index contributed by atoms with van der Waals surface area (Å²) < 4.78 is 11.7. The summed E-state index contributed by atoms with van der Waals surface area (Å²) >= 11 is 6.14. The van der Waals surface area contributed by atoms with Crippen molar-refractivity contribution in [3.8, 4) is 5.75 Å². The number of piperidine rings is 2. The molecule has 7 nitrogen and oxygen atoms in total. The molecule has 2 amide bonds. The van der Waals surface area contributed by atoms with Crippen LogP contribution in [0.5, 0.6) is 5.75 Å². The molecule has 1 aromatic rings. The van der Waals surface area contributed by atoms with Gasteiger partial charge in [0, 0.05) is 50.0 Å². The number of hydrogen-bond donors (Lipinski definition) is 0. The van der Waals surface area contributed by atoms with E-state index in [2.05, 4.69) is 11.8 Å². The Morgan fingerprint density at radius 1 is 1.03 bits per heavy atom. The van der Waals surface area contributed by atoms with Crippen molar-refractivity contribution in [2.45, 2.75) is 38.7 Å². The molecule has 3 aliphatic rings. The first kappa shape index (κ1) is 24.3. The number of halogens is 1. The predicted molar refractivity (Wildman–Crippen MR) is 127 cm³/mol. The van der Waals surface area contributed by atoms with Crippen molar-refractivity contribution in [1.82, 2.24) is 14.7 Å². The number of ether oxygens (including phenoxy) is 2. The third kappa shape index (κ3) is 6.84. The van der Waals surface area contributed by atoms with E-state index in [1.807, 2.05) is 28.0 Å². The zero-order valence-corrected chi connectivity index (χ0v) is 20.3. The number of morpholine rings is 1. The molecule has 3 saturated heterocycles. The number of carbonyl (C=O) groups excluding carboxylic acids is 2. The summed E-state index contributed by atoms with van der Waals surface area (Å²) in [4.78, 5) is 32.2. The lowest BCUT2D eigenvalue weighted by Crippen LogP contribution is -2.52. The van der Waals surface area contributed by atoms with Crippen LogP contribution in [0.25, 0.3) is 0 Å². The molecule has 3 heterocycles. The van der Waals surface area contributed by atoms with Crippen LogP contribution >= 0.6 is 11.6 Å². The standard InChI is InChI=1S/C25H36ClN3O4/c1-19-5-8-27(9-6-19)18-25(31)29-10-7-23(33-22-4-2-3-21(26)16-22)20(17-29)15-24(30)28-11-13-32-14-12-28/h2-4,16,19-20,23H,5-15,17-18H2,1H3/t20-,23-/m0/s1. The van der Waals surface area contributed by atoms with Crippen molar-refractivity contribution in [2.24, 2.45) is 11.8 Å². The van der Waals surface area contributed by atoms with E-state index in [1.165, 1.54) is 0 Å². The molecule has 0 bridgehead atoms. The molecule has 8 heteroatoms. The number of benzene rings is 1. The molecule has 4 rings (SSSR count). The van der Waals surface area contributed by atoms with Gasteiger partial charge < -0.3 is 19.3 Å². The Balaban J connectivity index is 1.40. The van der Waals surface area contributed by atoms with Crippen molar-refractivity contribution in [1.29, 1.82) is 0 Å². The fourth-order valence-electron chi connectivity index (χ4n) is 4.98. The van der Waals surface area contributed by atoms with Crippen LogP contribution in [0.1, 0.15) is 32.6 Å². The molecule has 0 N–H and O–H groups in total. The molecule has 0 radical (unpaired) electrons. The SMILES string of the molecule is CC1CCN(CC(=O)N2CC[C@H](Oc3cccc(Cl)c3)[C@@H](CC(=O)N3CCOCC3)C2)CC1. The van der Waals surface area contributed by atoms with Gasteiger partial charge in [-0.25, -0.2) is 0 Å². The molecular weight excluding hydrogens is 442 g/mol. The van der Waals surface area contributed by atoms with Gasteiger partial charge in [-0.05, 0) is 50.0 Å². The van der Waals surface area contributed by atoms with Crippen molar-refractivity contribution in [3.63, 3.8) is 0 Å². The first-order chi connectivity index (χ1) is 16.0. The van der Waals surface area contributed by atoms with Gasteiger partial charge in [-0.2, -0.15) is 0 Å². The maximum absolute atomic E-state index is 13.1. The highest BCUT2D eigenvalue weighted by Crippen LogP contribution is 2.28. The molecule has 182 valence electrons. The molecule has 3 fully saturated rings. The second-order valence-electron chi connectivity index (χ2n) is 9.66. The van der Waals surface area contributed by atoms with Crippen LogP contribution in [0.2, 0.25) is 5.02 Å². The number of carbonyl (C=O) groups is 2. The zero-order chi connectivity index (χ0) is 23.2. The highest BCUT2D eigenvalue weighted by Gasteiger charge is 2.36. The monoisotopic (exact) mass is 477 g/mol. The second-order valence-corrected chi connectivity index (χ2v) is 10.1. The van der Waals surface area contributed by atoms with Gasteiger partial charge in [0.05, 0.1) is 19.8 Å². The highest BCUT2D eigenvalue weighted by molar-refractivity contribution is 6.30. The third-order valence-corrected chi connectivity index (χ3v) is 7.37. The Morgan fingerprint density at radius 3 is 2.52 bits per heavy atom. The fraction of sp³-hybridized carbons (Fsp3) is 0.680. The number of amides is 2. The average Bonchev–Trinajstić information content (AvgIpc) is 2.82. The molecule has 3 aliphatic heterocycles. The van der Waals surface area contributed by atoms with Crippen LogP contribution in [-0.2, 0) is 14.3 Å². The predicted octanol–water partition coefficient (Wildman–Crippen LogP) is 2.92. The van der Waals surface area contributed by atoms with Gasteiger partial charge in [-0.3, -0.25) is 14.5 Å². The topological polar surface area (TPSA) is 62.3 Å². The summed E-state index contributed by atoms with van der Waals surface area (Å²) in [5.74, 6) is 1.67. The molecule has 2 atom stereocenters. The number of rotatable bonds is 6. The number of likely N-dealkylation sites (tertiary alicyclic amines) is 2. The van der Waals surface area contributed by atoms with Crippen LogP contribution in [0.4, 0.5) is 0 Å². The van der Waals surface area contributed by atoms with E-state index in [1.54, 1.807) is 6.07 Å². The molecule has 0 aliphatic carbocycles. The summed E-state index contributed by atoms with van der Waals surface area (Å²) in [6.07, 6.45) is 3.25. The lowest BCUT2D eigenvalue weighted by molar-refractivity contribution is -0.142. The van der Waals surface area contributed by atoms with E-state index in [-0.39, 0.29) is 23.8 Å². The molecule has 0 saturated carbocycles. The van der Waals surface area contributed by atoms with Crippen LogP contribution in [-0.4, -0.2) is 91.6 Å². The van der Waals surface area contributed by atoms with E-state index >= 15 is 0 Å². The molecule has 0 aromatic heterocycles. The number of nitrogens with zero attached hydrogens (tertiary/aromatic N) is 3. The maximum Gasteiger partial charge on any atom is 0.236 e. The summed E-state index contributed by atoms with van der Waals surface area (Å²) in [7, 11) is 0. The molecule has 33 heavy (non-hydrogen) atoms. The van der Waals surface area contributed by atoms with Gasteiger partial charge in [0.1, 0.15) is 11.9 Å². The largest absolute Gasteiger partial charge is 0.490 e. The van der Waals surface area contributed by atoms with E-state index in [4.69, 9.17) is 21.1 Å². The Morgan fingerprint density at radius 2 is 1.79 bits per heavy atom. The normalized spacial score (nSPS) is 25.2. The first-order valence-corrected chi connectivity index (χ1v) is 12.6. The van der Waals surface area contributed by atoms with E-state index < -0.39 is 0 Å². The Kier molecular flexibility index (Phi) is 8.50. The zero-order valence-electron chi connectivity index (χ0n) is 19.6. The fourth-order valence-corrected chi connectivity index (χ4v) is 5.16. The summed E-state index contributed by atoms with van der Waals surface area (Å²) in [6, 6.07) is 7.37. The van der Waals surface area contributed by atoms with Gasteiger partial charge in [0.2, 0.25) is 11.8 Å². The van der Waals surface area contributed by atoms with Crippen LogP contribution in [0.15, 0.2) is 24.3 Å². The smallest absolute Gasteiger partial charge is 0.236 e. The van der Waals surface area contributed by atoms with Gasteiger partial charge in [-0.15, -0.1) is 0 Å². The van der Waals surface area contributed by atoms with Gasteiger partial charge in [-0.1, -0.05) is 24.6 Å². The van der Waals surface area contributed by atoms with Gasteiger partial charge in [0.15, 0.2) is 0 Å². The highest BCUT2D eigenvalue weighted by atomic mass is 35.5. The quantitative estimate of drug-likeness (QED) is 0.630. The average molecular weight is 478 g/mol. The van der Waals surface area contributed by atoms with E-state index in [0.29, 0.717) is 69.6 Å². The van der Waals surface area contributed by atoms with Gasteiger partial charge in [0.25, 0.3) is 0 Å². The lowest BCUT2D eigenvalue weighted by atomic mass is 9.90. The van der Waals surface area contributed by atoms with Crippen LogP contribution in [0, 0.1) is 11.8 Å². The van der Waals surface area contributed by atoms with Crippen molar-refractivity contribution in [3.05, 3.63) is 29.3 Å². The Bertz CT molecular complexity index is 809. The minimum absolute atomic E-state index is 0.0570. The van der Waals surface area contributed by atoms with Crippen molar-refractivity contribution < 1.29 is 19.1 Å². The van der Waals surface area contributed by atoms with Crippen molar-refractivity contribution in [2.75, 3.05) is 59.0 Å². The summed E-state index contributed by atoms with van der Waals surface area (Å²) in [5, 5.41) is 0.622. The first-order valence-electron chi connectivity index (χ1n) is 12.3. The minimum Gasteiger partial charge on any atom is -0.490 e. The van der Waals surface area contributed by atoms with Crippen LogP contribution in [0.3, 0.4) is 0 Å². The Labute approximate surface area is 201 Å². The van der Waals surface area contributed by atoms with E-state index in [0.717, 1.165) is 31.8 Å². The summed E-state index contributed by atoms with van der Waals surface area (Å²) in [5.41, 5.74) is 0. The molecular formula is C25H36ClN3O4. The van der Waals surface area contributed by atoms with Crippen molar-refractivity contribution >= 4 is 23.4 Å². The molecule has 0 unspecified atom stereocenters. The third-order valence-electron chi connectivity index (χ3n) is 7.14. The summed E-state index contributed by atoms with van der Waals surface area (Å²) in [6.45, 7) is 8.33. The molecule has 0 spiro atoms. The molecule has 1 aromatic carbocycles. The van der Waals surface area contributed by atoms with Gasteiger partial charge >= 0.3 is 0 Å². The second kappa shape index (κ2) is 11.5. The lowest BCUT2D eigenvalue weighted by Gasteiger charge is -2.40. The minimum atomic E-state index is -0.131.